The second kappa shape index (κ2) is 5.31. The van der Waals surface area contributed by atoms with Crippen molar-refractivity contribution in [3.05, 3.63) is 29.8 Å². The van der Waals surface area contributed by atoms with Crippen molar-refractivity contribution < 1.29 is 28.2 Å². The third kappa shape index (κ3) is 3.05. The molecule has 1 aliphatic rings. The van der Waals surface area contributed by atoms with Crippen LogP contribution in [0.1, 0.15) is 12.8 Å². The Hall–Kier alpha value is -2.02. The minimum Gasteiger partial charge on any atom is -0.479 e. The van der Waals surface area contributed by atoms with Gasteiger partial charge >= 0.3 is 5.97 Å². The lowest BCUT2D eigenvalue weighted by atomic mass is 10.2. The van der Waals surface area contributed by atoms with Gasteiger partial charge in [0.05, 0.1) is 5.69 Å². The predicted molar refractivity (Wildman–Crippen MR) is 60.5 cm³/mol. The minimum absolute atomic E-state index is 0.172. The fourth-order valence-corrected chi connectivity index (χ4v) is 1.82. The number of anilines is 1. The molecule has 0 bridgehead atoms. The van der Waals surface area contributed by atoms with Gasteiger partial charge in [-0.2, -0.15) is 0 Å². The molecule has 1 saturated heterocycles. The number of hydrogen-bond acceptors (Lipinski definition) is 3. The molecule has 1 aliphatic heterocycles. The van der Waals surface area contributed by atoms with Crippen LogP contribution in [0.4, 0.5) is 14.5 Å². The van der Waals surface area contributed by atoms with Crippen molar-refractivity contribution in [3.63, 3.8) is 0 Å². The van der Waals surface area contributed by atoms with Gasteiger partial charge in [-0.1, -0.05) is 0 Å². The number of carboxylic acid groups (broad SMARTS) is 1. The van der Waals surface area contributed by atoms with E-state index in [1.807, 2.05) is 0 Å². The number of nitrogens with one attached hydrogen (secondary N) is 1. The molecule has 102 valence electrons. The Labute approximate surface area is 107 Å². The SMILES string of the molecule is O=C(O)C1CCC(C(=O)Nc2ccc(F)cc2F)O1. The lowest BCUT2D eigenvalue weighted by Crippen LogP contribution is -2.30. The molecule has 1 aromatic rings. The lowest BCUT2D eigenvalue weighted by molar-refractivity contribution is -0.150. The standard InChI is InChI=1S/C12H11F2NO4/c13-6-1-2-8(7(14)5-6)15-11(16)9-3-4-10(19-9)12(17)18/h1-2,5,9-10H,3-4H2,(H,15,16)(H,17,18). The number of halogens is 2. The van der Waals surface area contributed by atoms with Crippen LogP contribution in [0.2, 0.25) is 0 Å². The van der Waals surface area contributed by atoms with Crippen molar-refractivity contribution >= 4 is 17.6 Å². The van der Waals surface area contributed by atoms with Crippen LogP contribution < -0.4 is 5.32 Å². The number of hydrogen-bond donors (Lipinski definition) is 2. The Kier molecular flexibility index (Phi) is 3.75. The summed E-state index contributed by atoms with van der Waals surface area (Å²) >= 11 is 0. The van der Waals surface area contributed by atoms with Gasteiger partial charge in [0.15, 0.2) is 6.10 Å². The molecule has 7 heteroatoms. The summed E-state index contributed by atoms with van der Waals surface area (Å²) in [6.45, 7) is 0. The first-order valence-corrected chi connectivity index (χ1v) is 5.61. The van der Waals surface area contributed by atoms with Crippen LogP contribution in [0.3, 0.4) is 0 Å². The molecule has 1 aromatic carbocycles. The highest BCUT2D eigenvalue weighted by Gasteiger charge is 2.34. The summed E-state index contributed by atoms with van der Waals surface area (Å²) in [5, 5.41) is 11.0. The van der Waals surface area contributed by atoms with Crippen LogP contribution in [0.5, 0.6) is 0 Å². The van der Waals surface area contributed by atoms with Crippen molar-refractivity contribution in [1.82, 2.24) is 0 Å². The second-order valence-electron chi connectivity index (χ2n) is 4.14. The quantitative estimate of drug-likeness (QED) is 0.874. The molecule has 2 rings (SSSR count). The third-order valence-electron chi connectivity index (χ3n) is 2.78. The molecular weight excluding hydrogens is 260 g/mol. The summed E-state index contributed by atoms with van der Waals surface area (Å²) in [5.41, 5.74) is -0.172. The van der Waals surface area contributed by atoms with Crippen LogP contribution in [-0.2, 0) is 14.3 Å². The maximum Gasteiger partial charge on any atom is 0.332 e. The van der Waals surface area contributed by atoms with Gasteiger partial charge in [-0.15, -0.1) is 0 Å². The minimum atomic E-state index is -1.14. The fourth-order valence-electron chi connectivity index (χ4n) is 1.82. The van der Waals surface area contributed by atoms with Crippen LogP contribution >= 0.6 is 0 Å². The lowest BCUT2D eigenvalue weighted by Gasteiger charge is -2.12. The molecule has 19 heavy (non-hydrogen) atoms. The van der Waals surface area contributed by atoms with Crippen molar-refractivity contribution in [2.75, 3.05) is 5.32 Å². The monoisotopic (exact) mass is 271 g/mol. The van der Waals surface area contributed by atoms with E-state index >= 15 is 0 Å². The smallest absolute Gasteiger partial charge is 0.332 e. The zero-order chi connectivity index (χ0) is 14.0. The molecule has 1 fully saturated rings. The van der Waals surface area contributed by atoms with E-state index in [0.29, 0.717) is 6.07 Å². The molecule has 0 saturated carbocycles. The maximum atomic E-state index is 13.3. The summed E-state index contributed by atoms with van der Waals surface area (Å²) in [6, 6.07) is 2.74. The number of benzene rings is 1. The van der Waals surface area contributed by atoms with E-state index in [1.54, 1.807) is 0 Å². The van der Waals surface area contributed by atoms with Crippen LogP contribution in [0.15, 0.2) is 18.2 Å². The van der Waals surface area contributed by atoms with E-state index in [1.165, 1.54) is 0 Å². The Balaban J connectivity index is 2.00. The summed E-state index contributed by atoms with van der Waals surface area (Å²) in [5.74, 6) is -3.43. The largest absolute Gasteiger partial charge is 0.479 e. The van der Waals surface area contributed by atoms with Gasteiger partial charge in [0.1, 0.15) is 17.7 Å². The zero-order valence-electron chi connectivity index (χ0n) is 9.73. The van der Waals surface area contributed by atoms with E-state index in [4.69, 9.17) is 9.84 Å². The normalized spacial score (nSPS) is 22.2. The van der Waals surface area contributed by atoms with Gasteiger partial charge < -0.3 is 15.2 Å². The molecule has 0 aromatic heterocycles. The van der Waals surface area contributed by atoms with E-state index < -0.39 is 35.7 Å². The Bertz CT molecular complexity index is 520. The van der Waals surface area contributed by atoms with Gasteiger partial charge in [-0.05, 0) is 25.0 Å². The van der Waals surface area contributed by atoms with Crippen molar-refractivity contribution in [1.29, 1.82) is 0 Å². The number of carbonyl (C=O) groups excluding carboxylic acids is 1. The predicted octanol–water partition coefficient (Wildman–Crippen LogP) is 1.54. The topological polar surface area (TPSA) is 75.6 Å². The summed E-state index contributed by atoms with van der Waals surface area (Å²) < 4.78 is 31.0. The van der Waals surface area contributed by atoms with E-state index in [9.17, 15) is 18.4 Å². The highest BCUT2D eigenvalue weighted by Crippen LogP contribution is 2.22. The maximum absolute atomic E-state index is 13.3. The molecule has 2 atom stereocenters. The third-order valence-corrected chi connectivity index (χ3v) is 2.78. The molecule has 1 amide bonds. The highest BCUT2D eigenvalue weighted by molar-refractivity contribution is 5.94. The summed E-state index contributed by atoms with van der Waals surface area (Å²) in [4.78, 5) is 22.4. The number of carbonyl (C=O) groups is 2. The number of carboxylic acids is 1. The summed E-state index contributed by atoms with van der Waals surface area (Å²) in [6.07, 6.45) is -1.50. The Morgan fingerprint density at radius 2 is 1.95 bits per heavy atom. The first-order chi connectivity index (χ1) is 8.97. The molecule has 2 unspecified atom stereocenters. The first-order valence-electron chi connectivity index (χ1n) is 5.61. The molecule has 5 nitrogen and oxygen atoms in total. The van der Waals surface area contributed by atoms with Gasteiger partial charge in [0, 0.05) is 6.07 Å². The van der Waals surface area contributed by atoms with Gasteiger partial charge in [-0.3, -0.25) is 4.79 Å². The van der Waals surface area contributed by atoms with E-state index in [2.05, 4.69) is 5.32 Å². The van der Waals surface area contributed by atoms with Crippen LogP contribution in [0.25, 0.3) is 0 Å². The van der Waals surface area contributed by atoms with Gasteiger partial charge in [0.25, 0.3) is 5.91 Å². The highest BCUT2D eigenvalue weighted by atomic mass is 19.1. The molecule has 0 radical (unpaired) electrons. The first kappa shape index (κ1) is 13.4. The molecule has 0 spiro atoms. The molecule has 2 N–H and O–H groups in total. The molecule has 1 heterocycles. The van der Waals surface area contributed by atoms with Crippen LogP contribution in [-0.4, -0.2) is 29.2 Å². The van der Waals surface area contributed by atoms with Gasteiger partial charge in [0.2, 0.25) is 0 Å². The average molecular weight is 271 g/mol. The number of aliphatic carboxylic acids is 1. The van der Waals surface area contributed by atoms with Crippen molar-refractivity contribution in [3.8, 4) is 0 Å². The average Bonchev–Trinajstić information content (AvgIpc) is 2.82. The number of rotatable bonds is 3. The van der Waals surface area contributed by atoms with Crippen molar-refractivity contribution in [2.24, 2.45) is 0 Å². The molecular formula is C12H11F2NO4. The second-order valence-corrected chi connectivity index (χ2v) is 4.14. The molecule has 0 aliphatic carbocycles. The Morgan fingerprint density at radius 3 is 2.53 bits per heavy atom. The van der Waals surface area contributed by atoms with Gasteiger partial charge in [-0.25, -0.2) is 13.6 Å². The number of amides is 1. The zero-order valence-corrected chi connectivity index (χ0v) is 9.73. The van der Waals surface area contributed by atoms with Crippen LogP contribution in [0, 0.1) is 11.6 Å². The van der Waals surface area contributed by atoms with Crippen molar-refractivity contribution in [2.45, 2.75) is 25.0 Å². The summed E-state index contributed by atoms with van der Waals surface area (Å²) in [7, 11) is 0. The number of ether oxygens (including phenoxy) is 1. The Morgan fingerprint density at radius 1 is 1.26 bits per heavy atom. The fraction of sp³-hybridized carbons (Fsp3) is 0.333. The van der Waals surface area contributed by atoms with E-state index in [-0.39, 0.29) is 18.5 Å². The van der Waals surface area contributed by atoms with E-state index in [0.717, 1.165) is 12.1 Å².